The number of carbonyl (C=O) groups excluding carboxylic acids is 1. The Morgan fingerprint density at radius 1 is 1.12 bits per heavy atom. The second-order valence-electron chi connectivity index (χ2n) is 9.23. The van der Waals surface area contributed by atoms with Crippen LogP contribution in [0.5, 0.6) is 0 Å². The van der Waals surface area contributed by atoms with E-state index in [0.29, 0.717) is 0 Å². The van der Waals surface area contributed by atoms with Crippen LogP contribution < -0.4 is 5.32 Å². The lowest BCUT2D eigenvalue weighted by Gasteiger charge is -2.59. The van der Waals surface area contributed by atoms with E-state index in [-0.39, 0.29) is 22.9 Å². The van der Waals surface area contributed by atoms with Crippen LogP contribution in [0.15, 0.2) is 11.8 Å². The van der Waals surface area contributed by atoms with Crippen LogP contribution in [0.3, 0.4) is 0 Å². The van der Waals surface area contributed by atoms with Crippen LogP contribution in [0.2, 0.25) is 0 Å². The Balaban J connectivity index is 1.43. The summed E-state index contributed by atoms with van der Waals surface area (Å²) in [6, 6.07) is 2.31. The highest BCUT2D eigenvalue weighted by Crippen LogP contribution is 2.61. The number of rotatable bonds is 4. The Morgan fingerprint density at radius 3 is 2.20 bits per heavy atom. The summed E-state index contributed by atoms with van der Waals surface area (Å²) in [6.07, 6.45) is 13.4. The normalized spacial score (nSPS) is 38.3. The molecule has 0 aromatic rings. The molecule has 1 aliphatic heterocycles. The minimum atomic E-state index is -0.170. The van der Waals surface area contributed by atoms with Gasteiger partial charge in [-0.3, -0.25) is 4.79 Å². The Labute approximate surface area is 151 Å². The zero-order chi connectivity index (χ0) is 17.4. The third kappa shape index (κ3) is 3.30. The molecule has 5 rings (SSSR count). The molecule has 1 unspecified atom stereocenters. The van der Waals surface area contributed by atoms with Crippen molar-refractivity contribution in [3.8, 4) is 6.07 Å². The third-order valence-electron chi connectivity index (χ3n) is 7.42. The first-order chi connectivity index (χ1) is 12.1. The molecule has 1 heterocycles. The van der Waals surface area contributed by atoms with Gasteiger partial charge in [-0.1, -0.05) is 0 Å². The zero-order valence-corrected chi connectivity index (χ0v) is 15.5. The van der Waals surface area contributed by atoms with Crippen molar-refractivity contribution in [2.75, 3.05) is 13.1 Å². The van der Waals surface area contributed by atoms with Crippen molar-refractivity contribution < 1.29 is 4.79 Å². The van der Waals surface area contributed by atoms with Crippen LogP contribution in [-0.2, 0) is 4.79 Å². The summed E-state index contributed by atoms with van der Waals surface area (Å²) in [5.74, 6) is 2.47. The molecular weight excluding hydrogens is 310 g/mol. The molecule has 4 nitrogen and oxygen atoms in total. The molecule has 4 heteroatoms. The van der Waals surface area contributed by atoms with E-state index in [1.165, 1.54) is 44.9 Å². The topological polar surface area (TPSA) is 56.1 Å². The lowest BCUT2D eigenvalue weighted by Crippen LogP contribution is -2.56. The van der Waals surface area contributed by atoms with Gasteiger partial charge in [-0.25, -0.2) is 0 Å². The molecule has 0 spiro atoms. The van der Waals surface area contributed by atoms with Crippen molar-refractivity contribution in [3.05, 3.63) is 11.8 Å². The van der Waals surface area contributed by atoms with Gasteiger partial charge >= 0.3 is 0 Å². The molecule has 4 saturated carbocycles. The second kappa shape index (κ2) is 6.67. The van der Waals surface area contributed by atoms with E-state index in [1.807, 2.05) is 0 Å². The number of piperidine rings is 1. The van der Waals surface area contributed by atoms with Gasteiger partial charge in [0.25, 0.3) is 5.91 Å². The van der Waals surface area contributed by atoms with Gasteiger partial charge in [-0.2, -0.15) is 5.26 Å². The zero-order valence-electron chi connectivity index (χ0n) is 15.5. The molecule has 1 atom stereocenters. The fourth-order valence-corrected chi connectivity index (χ4v) is 6.50. The largest absolute Gasteiger partial charge is 0.376 e. The summed E-state index contributed by atoms with van der Waals surface area (Å²) >= 11 is 0. The van der Waals surface area contributed by atoms with Gasteiger partial charge in [0, 0.05) is 25.3 Å². The van der Waals surface area contributed by atoms with Crippen molar-refractivity contribution in [3.63, 3.8) is 0 Å². The number of nitriles is 1. The number of hydrogen-bond acceptors (Lipinski definition) is 3. The van der Waals surface area contributed by atoms with Crippen LogP contribution in [0.4, 0.5) is 0 Å². The molecule has 5 fully saturated rings. The highest BCUT2D eigenvalue weighted by molar-refractivity contribution is 5.97. The predicted molar refractivity (Wildman–Crippen MR) is 97.3 cm³/mol. The van der Waals surface area contributed by atoms with Gasteiger partial charge in [-0.15, -0.1) is 0 Å². The molecule has 4 bridgehead atoms. The fourth-order valence-electron chi connectivity index (χ4n) is 6.50. The molecule has 136 valence electrons. The highest BCUT2D eigenvalue weighted by atomic mass is 16.1. The van der Waals surface area contributed by atoms with Crippen LogP contribution >= 0.6 is 0 Å². The minimum absolute atomic E-state index is 0.170. The number of nitrogens with one attached hydrogen (secondary N) is 1. The summed E-state index contributed by atoms with van der Waals surface area (Å²) in [5.41, 5.74) is 0.564. The van der Waals surface area contributed by atoms with Crippen molar-refractivity contribution in [1.29, 1.82) is 5.26 Å². The molecule has 4 aliphatic carbocycles. The summed E-state index contributed by atoms with van der Waals surface area (Å²) in [4.78, 5) is 14.9. The number of amides is 1. The van der Waals surface area contributed by atoms with Gasteiger partial charge in [-0.05, 0) is 87.9 Å². The Bertz CT molecular complexity index is 561. The van der Waals surface area contributed by atoms with Crippen molar-refractivity contribution in [2.24, 2.45) is 23.2 Å². The second-order valence-corrected chi connectivity index (χ2v) is 9.23. The summed E-state index contributed by atoms with van der Waals surface area (Å²) in [7, 11) is 0. The van der Waals surface area contributed by atoms with Crippen LogP contribution in [0.1, 0.15) is 64.7 Å². The quantitative estimate of drug-likeness (QED) is 0.628. The molecule has 1 N–H and O–H groups in total. The first kappa shape index (κ1) is 16.9. The van der Waals surface area contributed by atoms with Gasteiger partial charge in [0.15, 0.2) is 0 Å². The van der Waals surface area contributed by atoms with Crippen molar-refractivity contribution in [1.82, 2.24) is 10.2 Å². The third-order valence-corrected chi connectivity index (χ3v) is 7.42. The fraction of sp³-hybridized carbons (Fsp3) is 0.810. The molecule has 0 aromatic carbocycles. The van der Waals surface area contributed by atoms with Crippen LogP contribution in [0, 0.1) is 34.5 Å². The Kier molecular flexibility index (Phi) is 4.52. The first-order valence-electron chi connectivity index (χ1n) is 10.2. The predicted octanol–water partition coefficient (Wildman–Crippen LogP) is 3.60. The summed E-state index contributed by atoms with van der Waals surface area (Å²) in [5, 5.41) is 12.7. The Morgan fingerprint density at radius 2 is 1.68 bits per heavy atom. The smallest absolute Gasteiger partial charge is 0.263 e. The number of hydrogen-bond donors (Lipinski definition) is 1. The summed E-state index contributed by atoms with van der Waals surface area (Å²) in [6.45, 7) is 4.10. The van der Waals surface area contributed by atoms with Crippen LogP contribution in [0.25, 0.3) is 0 Å². The van der Waals surface area contributed by atoms with Crippen molar-refractivity contribution in [2.45, 2.75) is 70.8 Å². The van der Waals surface area contributed by atoms with E-state index in [0.717, 1.165) is 43.7 Å². The minimum Gasteiger partial charge on any atom is -0.376 e. The number of carbonyl (C=O) groups is 1. The molecule has 1 saturated heterocycles. The maximum Gasteiger partial charge on any atom is 0.263 e. The van der Waals surface area contributed by atoms with E-state index in [9.17, 15) is 10.1 Å². The monoisotopic (exact) mass is 341 g/mol. The average molecular weight is 341 g/mol. The summed E-state index contributed by atoms with van der Waals surface area (Å²) < 4.78 is 0. The van der Waals surface area contributed by atoms with E-state index >= 15 is 0 Å². The average Bonchev–Trinajstić information content (AvgIpc) is 2.59. The van der Waals surface area contributed by atoms with E-state index in [1.54, 1.807) is 6.20 Å². The molecule has 1 amide bonds. The lowest BCUT2D eigenvalue weighted by atomic mass is 9.48. The van der Waals surface area contributed by atoms with Gasteiger partial charge in [0.05, 0.1) is 0 Å². The lowest BCUT2D eigenvalue weighted by molar-refractivity contribution is -0.122. The van der Waals surface area contributed by atoms with E-state index < -0.39 is 0 Å². The maximum atomic E-state index is 12.7. The molecule has 0 radical (unpaired) electrons. The Hall–Kier alpha value is -1.50. The molecule has 0 aromatic heterocycles. The maximum absolute atomic E-state index is 12.7. The van der Waals surface area contributed by atoms with Crippen molar-refractivity contribution >= 4 is 5.91 Å². The number of nitrogens with zero attached hydrogens (tertiary/aromatic N) is 2. The van der Waals surface area contributed by atoms with Crippen LogP contribution in [-0.4, -0.2) is 29.9 Å². The molecule has 25 heavy (non-hydrogen) atoms. The van der Waals surface area contributed by atoms with Gasteiger partial charge in [0.2, 0.25) is 0 Å². The number of likely N-dealkylation sites (tertiary alicyclic amines) is 1. The highest BCUT2D eigenvalue weighted by Gasteiger charge is 2.53. The first-order valence-corrected chi connectivity index (χ1v) is 10.2. The SMILES string of the molecule is CC(NC(=O)/C(C#N)=C\N1CCCCC1)C12CC3CC(CC(C3)C1)C2. The molecular formula is C21H31N3O. The molecule has 5 aliphatic rings. The standard InChI is InChI=1S/C21H31N3O/c1-15(21-10-16-7-17(11-21)9-18(8-16)12-21)23-20(25)19(13-22)14-24-5-3-2-4-6-24/h14-18H,2-12H2,1H3,(H,23,25)/b19-14-. The van der Waals surface area contributed by atoms with Gasteiger partial charge < -0.3 is 10.2 Å². The van der Waals surface area contributed by atoms with E-state index in [4.69, 9.17) is 0 Å². The van der Waals surface area contributed by atoms with Gasteiger partial charge in [0.1, 0.15) is 11.6 Å². The van der Waals surface area contributed by atoms with E-state index in [2.05, 4.69) is 23.2 Å².